The first-order valence-electron chi connectivity index (χ1n) is 8.24. The minimum atomic E-state index is 0.220. The summed E-state index contributed by atoms with van der Waals surface area (Å²) in [5, 5.41) is 11.3. The number of methoxy groups -OCH3 is 1. The lowest BCUT2D eigenvalue weighted by molar-refractivity contribution is 0.415. The van der Waals surface area contributed by atoms with Crippen molar-refractivity contribution in [3.05, 3.63) is 84.2 Å². The van der Waals surface area contributed by atoms with E-state index in [0.29, 0.717) is 5.76 Å². The smallest absolute Gasteiger partial charge is 0.136 e. The van der Waals surface area contributed by atoms with E-state index in [1.807, 2.05) is 66.7 Å². The number of phenolic OH excluding ortho intramolecular Hbond substituents is 1. The van der Waals surface area contributed by atoms with E-state index < -0.39 is 0 Å². The number of benzene rings is 3. The van der Waals surface area contributed by atoms with E-state index in [2.05, 4.69) is 0 Å². The molecule has 4 aromatic rings. The zero-order valence-electron chi connectivity index (χ0n) is 14.2. The highest BCUT2D eigenvalue weighted by atomic mass is 16.5. The number of fused-ring (bicyclic) bond motifs is 1. The Kier molecular flexibility index (Phi) is 4.15. The van der Waals surface area contributed by atoms with Crippen molar-refractivity contribution in [1.82, 2.24) is 0 Å². The summed E-state index contributed by atoms with van der Waals surface area (Å²) in [6.45, 7) is 0. The van der Waals surface area contributed by atoms with Gasteiger partial charge in [0, 0.05) is 17.0 Å². The van der Waals surface area contributed by atoms with Crippen LogP contribution in [0.2, 0.25) is 0 Å². The number of ether oxygens (including phenoxy) is 1. The van der Waals surface area contributed by atoms with Gasteiger partial charge in [-0.1, -0.05) is 12.1 Å². The second kappa shape index (κ2) is 6.76. The van der Waals surface area contributed by atoms with Crippen molar-refractivity contribution in [3.8, 4) is 22.8 Å². The van der Waals surface area contributed by atoms with Crippen LogP contribution in [0.4, 0.5) is 5.69 Å². The zero-order valence-corrected chi connectivity index (χ0v) is 14.2. The maximum absolute atomic E-state index is 9.51. The molecule has 0 bridgehead atoms. The quantitative estimate of drug-likeness (QED) is 0.566. The van der Waals surface area contributed by atoms with Crippen LogP contribution < -0.4 is 10.1 Å². The minimum absolute atomic E-state index is 0.220. The van der Waals surface area contributed by atoms with Crippen molar-refractivity contribution >= 4 is 16.7 Å². The first kappa shape index (κ1) is 16.0. The molecule has 4 rings (SSSR count). The lowest BCUT2D eigenvalue weighted by atomic mass is 10.1. The molecular formula is C22H17NO3. The van der Waals surface area contributed by atoms with E-state index in [0.717, 1.165) is 33.3 Å². The fourth-order valence-electron chi connectivity index (χ4n) is 2.77. The Morgan fingerprint density at radius 3 is 2.35 bits per heavy atom. The highest BCUT2D eigenvalue weighted by Crippen LogP contribution is 2.24. The molecule has 0 aliphatic carbocycles. The van der Waals surface area contributed by atoms with Gasteiger partial charge in [0.2, 0.25) is 0 Å². The van der Waals surface area contributed by atoms with Gasteiger partial charge < -0.3 is 14.3 Å². The van der Waals surface area contributed by atoms with Crippen molar-refractivity contribution in [2.24, 2.45) is 4.99 Å². The normalized spacial score (nSPS) is 11.7. The van der Waals surface area contributed by atoms with E-state index in [4.69, 9.17) is 14.1 Å². The number of para-hydroxylation sites is 1. The molecule has 3 aromatic carbocycles. The Morgan fingerprint density at radius 2 is 1.62 bits per heavy atom. The Labute approximate surface area is 150 Å². The molecule has 1 N–H and O–H groups in total. The molecule has 26 heavy (non-hydrogen) atoms. The molecule has 0 amide bonds. The predicted octanol–water partition coefficient (Wildman–Crippen LogP) is 5.05. The van der Waals surface area contributed by atoms with Crippen LogP contribution in [-0.4, -0.2) is 12.2 Å². The highest BCUT2D eigenvalue weighted by Gasteiger charge is 2.06. The molecule has 4 nitrogen and oxygen atoms in total. The Balaban J connectivity index is 1.91. The fraction of sp³-hybridized carbons (Fsp3) is 0.0455. The van der Waals surface area contributed by atoms with Crippen LogP contribution in [0.25, 0.3) is 22.3 Å². The average molecular weight is 343 g/mol. The van der Waals surface area contributed by atoms with E-state index in [-0.39, 0.29) is 5.75 Å². The lowest BCUT2D eigenvalue weighted by Crippen LogP contribution is -2.03. The molecule has 0 unspecified atom stereocenters. The summed E-state index contributed by atoms with van der Waals surface area (Å²) in [7, 11) is 1.64. The molecule has 0 saturated heterocycles. The Morgan fingerprint density at radius 1 is 0.885 bits per heavy atom. The molecule has 0 aliphatic heterocycles. The van der Waals surface area contributed by atoms with E-state index in [1.165, 1.54) is 0 Å². The van der Waals surface area contributed by atoms with Gasteiger partial charge in [-0.25, -0.2) is 4.99 Å². The highest BCUT2D eigenvalue weighted by molar-refractivity contribution is 5.78. The van der Waals surface area contributed by atoms with Crippen molar-refractivity contribution in [1.29, 1.82) is 0 Å². The van der Waals surface area contributed by atoms with Gasteiger partial charge in [-0.3, -0.25) is 0 Å². The van der Waals surface area contributed by atoms with Crippen LogP contribution in [0.3, 0.4) is 0 Å². The van der Waals surface area contributed by atoms with Crippen LogP contribution in [0.15, 0.2) is 88.3 Å². The average Bonchev–Trinajstić information content (AvgIpc) is 2.69. The Bertz CT molecular complexity index is 1110. The van der Waals surface area contributed by atoms with Gasteiger partial charge in [0.15, 0.2) is 0 Å². The summed E-state index contributed by atoms with van der Waals surface area (Å²) in [4.78, 5) is 4.78. The summed E-state index contributed by atoms with van der Waals surface area (Å²) in [5.74, 6) is 1.70. The van der Waals surface area contributed by atoms with E-state index in [1.54, 1.807) is 19.2 Å². The molecule has 0 saturated carbocycles. The van der Waals surface area contributed by atoms with Crippen molar-refractivity contribution in [3.63, 3.8) is 0 Å². The fourth-order valence-corrected chi connectivity index (χ4v) is 2.77. The van der Waals surface area contributed by atoms with Gasteiger partial charge in [-0.05, 0) is 60.7 Å². The van der Waals surface area contributed by atoms with Crippen LogP contribution >= 0.6 is 0 Å². The molecule has 0 spiro atoms. The maximum atomic E-state index is 9.51. The zero-order chi connectivity index (χ0) is 17.9. The molecule has 1 aromatic heterocycles. The van der Waals surface area contributed by atoms with E-state index in [9.17, 15) is 5.11 Å². The predicted molar refractivity (Wildman–Crippen MR) is 102 cm³/mol. The first-order chi connectivity index (χ1) is 12.7. The molecule has 0 aliphatic rings. The summed E-state index contributed by atoms with van der Waals surface area (Å²) in [6, 6.07) is 24.2. The molecule has 1 heterocycles. The number of aromatic hydroxyl groups is 1. The number of hydrogen-bond donors (Lipinski definition) is 1. The largest absolute Gasteiger partial charge is 0.508 e. The van der Waals surface area contributed by atoms with Gasteiger partial charge in [0.1, 0.15) is 22.8 Å². The van der Waals surface area contributed by atoms with Gasteiger partial charge >= 0.3 is 0 Å². The second-order valence-corrected chi connectivity index (χ2v) is 5.85. The van der Waals surface area contributed by atoms with Gasteiger partial charge in [0.05, 0.1) is 18.2 Å². The third kappa shape index (κ3) is 3.17. The summed E-state index contributed by atoms with van der Waals surface area (Å²) in [5.41, 5.74) is 2.46. The number of hydrogen-bond acceptors (Lipinski definition) is 4. The van der Waals surface area contributed by atoms with Crippen LogP contribution in [-0.2, 0) is 0 Å². The molecule has 0 atom stereocenters. The molecule has 4 heteroatoms. The van der Waals surface area contributed by atoms with Crippen molar-refractivity contribution < 1.29 is 14.3 Å². The second-order valence-electron chi connectivity index (χ2n) is 5.85. The van der Waals surface area contributed by atoms with Crippen molar-refractivity contribution in [2.75, 3.05) is 7.11 Å². The summed E-state index contributed by atoms with van der Waals surface area (Å²) < 4.78 is 11.2. The maximum Gasteiger partial charge on any atom is 0.136 e. The third-order valence-electron chi connectivity index (χ3n) is 4.12. The van der Waals surface area contributed by atoms with Gasteiger partial charge in [-0.15, -0.1) is 0 Å². The standard InChI is InChI=1S/C22H17NO3/c1-25-18-12-8-16(9-13-18)23-20-14-22(15-6-10-17(24)11-7-15)26-21-5-3-2-4-19(20)21/h2-14,24H,1H3. The first-order valence-corrected chi connectivity index (χ1v) is 8.24. The monoisotopic (exact) mass is 343 g/mol. The van der Waals surface area contributed by atoms with Crippen LogP contribution in [0.5, 0.6) is 11.5 Å². The van der Waals surface area contributed by atoms with Gasteiger partial charge in [-0.2, -0.15) is 0 Å². The SMILES string of the molecule is COc1ccc(N=c2cc(-c3ccc(O)cc3)oc3ccccc23)cc1. The van der Waals surface area contributed by atoms with Crippen LogP contribution in [0, 0.1) is 0 Å². The number of phenols is 1. The molecule has 128 valence electrons. The minimum Gasteiger partial charge on any atom is -0.508 e. The molecule has 0 radical (unpaired) electrons. The lowest BCUT2D eigenvalue weighted by Gasteiger charge is -2.05. The van der Waals surface area contributed by atoms with E-state index >= 15 is 0 Å². The van der Waals surface area contributed by atoms with Gasteiger partial charge in [0.25, 0.3) is 0 Å². The molecule has 0 fully saturated rings. The van der Waals surface area contributed by atoms with Crippen molar-refractivity contribution in [2.45, 2.75) is 0 Å². The topological polar surface area (TPSA) is 55.0 Å². The third-order valence-corrected chi connectivity index (χ3v) is 4.12. The molecular weight excluding hydrogens is 326 g/mol. The summed E-state index contributed by atoms with van der Waals surface area (Å²) in [6.07, 6.45) is 0. The number of rotatable bonds is 3. The summed E-state index contributed by atoms with van der Waals surface area (Å²) >= 11 is 0. The number of nitrogens with zero attached hydrogens (tertiary/aromatic N) is 1. The van der Waals surface area contributed by atoms with Crippen LogP contribution in [0.1, 0.15) is 0 Å². The Hall–Kier alpha value is -3.53.